The summed E-state index contributed by atoms with van der Waals surface area (Å²) < 4.78 is 11.2. The molecular formula is C13H19NO2S. The van der Waals surface area contributed by atoms with Crippen molar-refractivity contribution in [2.24, 2.45) is 0 Å². The largest absolute Gasteiger partial charge is 0.490 e. The molecule has 94 valence electrons. The lowest BCUT2D eigenvalue weighted by Crippen LogP contribution is -2.04. The zero-order valence-corrected chi connectivity index (χ0v) is 11.0. The SMILES string of the molecule is CCSCCNc1ccc2c(c1)OCCCO2. The smallest absolute Gasteiger partial charge is 0.163 e. The minimum absolute atomic E-state index is 0.738. The molecule has 0 aliphatic carbocycles. The van der Waals surface area contributed by atoms with E-state index in [4.69, 9.17) is 9.47 Å². The molecule has 0 spiro atoms. The maximum atomic E-state index is 5.65. The molecule has 1 N–H and O–H groups in total. The zero-order valence-electron chi connectivity index (χ0n) is 10.2. The minimum Gasteiger partial charge on any atom is -0.490 e. The number of ether oxygens (including phenoxy) is 2. The van der Waals surface area contributed by atoms with E-state index in [1.165, 1.54) is 5.75 Å². The number of rotatable bonds is 5. The van der Waals surface area contributed by atoms with Crippen LogP contribution in [0.3, 0.4) is 0 Å². The molecule has 0 saturated carbocycles. The summed E-state index contributed by atoms with van der Waals surface area (Å²) in [5.41, 5.74) is 1.10. The van der Waals surface area contributed by atoms with Crippen LogP contribution in [0, 0.1) is 0 Å². The van der Waals surface area contributed by atoms with E-state index >= 15 is 0 Å². The van der Waals surface area contributed by atoms with Crippen molar-refractivity contribution >= 4 is 17.4 Å². The molecule has 1 heterocycles. The van der Waals surface area contributed by atoms with Gasteiger partial charge < -0.3 is 14.8 Å². The van der Waals surface area contributed by atoms with Gasteiger partial charge in [-0.2, -0.15) is 11.8 Å². The maximum absolute atomic E-state index is 5.65. The van der Waals surface area contributed by atoms with Gasteiger partial charge in [0.2, 0.25) is 0 Å². The Balaban J connectivity index is 1.93. The number of nitrogens with one attached hydrogen (secondary N) is 1. The quantitative estimate of drug-likeness (QED) is 0.817. The summed E-state index contributed by atoms with van der Waals surface area (Å²) in [5, 5.41) is 3.39. The molecule has 0 aromatic heterocycles. The van der Waals surface area contributed by atoms with Gasteiger partial charge in [0.25, 0.3) is 0 Å². The van der Waals surface area contributed by atoms with Crippen LogP contribution in [0.25, 0.3) is 0 Å². The van der Waals surface area contributed by atoms with E-state index in [-0.39, 0.29) is 0 Å². The Hall–Kier alpha value is -1.03. The topological polar surface area (TPSA) is 30.5 Å². The minimum atomic E-state index is 0.738. The van der Waals surface area contributed by atoms with E-state index in [0.29, 0.717) is 0 Å². The lowest BCUT2D eigenvalue weighted by Gasteiger charge is -2.10. The molecule has 0 saturated heterocycles. The van der Waals surface area contributed by atoms with Crippen LogP contribution in [0.4, 0.5) is 5.69 Å². The third-order valence-corrected chi connectivity index (χ3v) is 3.43. The van der Waals surface area contributed by atoms with Gasteiger partial charge in [-0.25, -0.2) is 0 Å². The molecule has 1 aromatic rings. The third-order valence-electron chi connectivity index (χ3n) is 2.53. The average molecular weight is 253 g/mol. The van der Waals surface area contributed by atoms with Crippen LogP contribution < -0.4 is 14.8 Å². The number of anilines is 1. The Labute approximate surface area is 107 Å². The standard InChI is InChI=1S/C13H19NO2S/c1-2-17-9-6-14-11-4-5-12-13(10-11)16-8-3-7-15-12/h4-5,10,14H,2-3,6-9H2,1H3. The Bertz CT molecular complexity index is 357. The molecule has 0 unspecified atom stereocenters. The summed E-state index contributed by atoms with van der Waals surface area (Å²) >= 11 is 1.94. The molecule has 1 aliphatic rings. The first kappa shape index (κ1) is 12.4. The number of thioether (sulfide) groups is 1. The van der Waals surface area contributed by atoms with Gasteiger partial charge in [-0.05, 0) is 17.9 Å². The van der Waals surface area contributed by atoms with Crippen LogP contribution in [0.15, 0.2) is 18.2 Å². The van der Waals surface area contributed by atoms with E-state index in [1.807, 2.05) is 30.0 Å². The fourth-order valence-corrected chi connectivity index (χ4v) is 2.22. The van der Waals surface area contributed by atoms with Gasteiger partial charge >= 0.3 is 0 Å². The van der Waals surface area contributed by atoms with Gasteiger partial charge in [-0.3, -0.25) is 0 Å². The Morgan fingerprint density at radius 3 is 2.88 bits per heavy atom. The predicted octanol–water partition coefficient (Wildman–Crippen LogP) is 3.01. The first-order valence-corrected chi connectivity index (χ1v) is 7.27. The van der Waals surface area contributed by atoms with E-state index in [1.54, 1.807) is 0 Å². The molecule has 17 heavy (non-hydrogen) atoms. The summed E-state index contributed by atoms with van der Waals surface area (Å²) in [7, 11) is 0. The highest BCUT2D eigenvalue weighted by Crippen LogP contribution is 2.32. The second-order valence-corrected chi connectivity index (χ2v) is 5.23. The lowest BCUT2D eigenvalue weighted by atomic mass is 10.2. The summed E-state index contributed by atoms with van der Waals surface area (Å²) in [6.07, 6.45) is 0.949. The first-order chi connectivity index (χ1) is 8.40. The number of benzene rings is 1. The molecular weight excluding hydrogens is 234 g/mol. The van der Waals surface area contributed by atoms with Crippen molar-refractivity contribution in [1.29, 1.82) is 0 Å². The summed E-state index contributed by atoms with van der Waals surface area (Å²) in [5.74, 6) is 4.01. The number of hydrogen-bond acceptors (Lipinski definition) is 4. The molecule has 2 rings (SSSR count). The Morgan fingerprint density at radius 1 is 1.24 bits per heavy atom. The fraction of sp³-hybridized carbons (Fsp3) is 0.538. The van der Waals surface area contributed by atoms with Gasteiger partial charge in [0.05, 0.1) is 13.2 Å². The fourth-order valence-electron chi connectivity index (χ4n) is 1.69. The molecule has 1 aromatic carbocycles. The van der Waals surface area contributed by atoms with Crippen LogP contribution in [0.1, 0.15) is 13.3 Å². The highest BCUT2D eigenvalue weighted by Gasteiger charge is 2.10. The molecule has 0 radical (unpaired) electrons. The summed E-state index contributed by atoms with van der Waals surface area (Å²) in [4.78, 5) is 0. The number of fused-ring (bicyclic) bond motifs is 1. The van der Waals surface area contributed by atoms with Crippen molar-refractivity contribution in [1.82, 2.24) is 0 Å². The van der Waals surface area contributed by atoms with Crippen LogP contribution in [-0.4, -0.2) is 31.3 Å². The first-order valence-electron chi connectivity index (χ1n) is 6.11. The van der Waals surface area contributed by atoms with Gasteiger partial charge in [0.1, 0.15) is 0 Å². The van der Waals surface area contributed by atoms with Gasteiger partial charge in [-0.15, -0.1) is 0 Å². The average Bonchev–Trinajstić information content (AvgIpc) is 2.59. The number of hydrogen-bond donors (Lipinski definition) is 1. The van der Waals surface area contributed by atoms with Crippen molar-refractivity contribution < 1.29 is 9.47 Å². The van der Waals surface area contributed by atoms with Crippen molar-refractivity contribution in [2.75, 3.05) is 36.6 Å². The van der Waals surface area contributed by atoms with Crippen LogP contribution in [-0.2, 0) is 0 Å². The highest BCUT2D eigenvalue weighted by atomic mass is 32.2. The normalized spacial score (nSPS) is 14.2. The van der Waals surface area contributed by atoms with Gasteiger partial charge in [0, 0.05) is 30.5 Å². The second kappa shape index (κ2) is 6.64. The van der Waals surface area contributed by atoms with E-state index in [9.17, 15) is 0 Å². The van der Waals surface area contributed by atoms with E-state index < -0.39 is 0 Å². The third kappa shape index (κ3) is 3.73. The van der Waals surface area contributed by atoms with Crippen molar-refractivity contribution in [3.05, 3.63) is 18.2 Å². The summed E-state index contributed by atoms with van der Waals surface area (Å²) in [6.45, 7) is 4.64. The molecule has 3 nitrogen and oxygen atoms in total. The van der Waals surface area contributed by atoms with Crippen molar-refractivity contribution in [2.45, 2.75) is 13.3 Å². The maximum Gasteiger partial charge on any atom is 0.163 e. The van der Waals surface area contributed by atoms with E-state index in [2.05, 4.69) is 12.2 Å². The Morgan fingerprint density at radius 2 is 2.06 bits per heavy atom. The molecule has 0 bridgehead atoms. The van der Waals surface area contributed by atoms with Gasteiger partial charge in [0.15, 0.2) is 11.5 Å². The molecule has 1 aliphatic heterocycles. The second-order valence-electron chi connectivity index (χ2n) is 3.84. The van der Waals surface area contributed by atoms with Crippen molar-refractivity contribution in [3.63, 3.8) is 0 Å². The lowest BCUT2D eigenvalue weighted by molar-refractivity contribution is 0.297. The molecule has 4 heteroatoms. The Kier molecular flexibility index (Phi) is 4.86. The molecule has 0 fully saturated rings. The van der Waals surface area contributed by atoms with Crippen LogP contribution in [0.5, 0.6) is 11.5 Å². The monoisotopic (exact) mass is 253 g/mol. The molecule has 0 atom stereocenters. The highest BCUT2D eigenvalue weighted by molar-refractivity contribution is 7.99. The predicted molar refractivity (Wildman–Crippen MR) is 73.5 cm³/mol. The van der Waals surface area contributed by atoms with Crippen molar-refractivity contribution in [3.8, 4) is 11.5 Å². The summed E-state index contributed by atoms with van der Waals surface area (Å²) in [6, 6.07) is 6.05. The zero-order chi connectivity index (χ0) is 11.9. The van der Waals surface area contributed by atoms with Crippen LogP contribution in [0.2, 0.25) is 0 Å². The van der Waals surface area contributed by atoms with Gasteiger partial charge in [-0.1, -0.05) is 6.92 Å². The van der Waals surface area contributed by atoms with E-state index in [0.717, 1.165) is 49.1 Å². The molecule has 0 amide bonds. The van der Waals surface area contributed by atoms with Crippen LogP contribution >= 0.6 is 11.8 Å².